The average Bonchev–Trinajstić information content (AvgIpc) is 0.988. The molecule has 14 aromatic rings. The zero-order valence-corrected chi connectivity index (χ0v) is 51.5. The first-order valence-corrected chi connectivity index (χ1v) is 31.9. The van der Waals surface area contributed by atoms with Crippen molar-refractivity contribution in [2.24, 2.45) is 0 Å². The van der Waals surface area contributed by atoms with Gasteiger partial charge in [0.15, 0.2) is 0 Å². The van der Waals surface area contributed by atoms with Crippen LogP contribution in [-0.2, 0) is 21.7 Å². The Morgan fingerprint density at radius 3 is 1.15 bits per heavy atom. The summed E-state index contributed by atoms with van der Waals surface area (Å²) < 4.78 is 11.5. The molecule has 3 aromatic heterocycles. The first kappa shape index (κ1) is 51.7. The summed E-state index contributed by atoms with van der Waals surface area (Å²) in [5.74, 6) is 0. The Morgan fingerprint density at radius 1 is 0.307 bits per heavy atom. The van der Waals surface area contributed by atoms with Crippen molar-refractivity contribution < 1.29 is 4.42 Å². The monoisotopic (exact) mass is 1140 g/mol. The molecule has 5 heterocycles. The Hall–Kier alpha value is -9.52. The number of para-hydroxylation sites is 5. The van der Waals surface area contributed by atoms with E-state index in [-0.39, 0.29) is 28.4 Å². The van der Waals surface area contributed by atoms with Gasteiger partial charge in [-0.2, -0.15) is 0 Å². The van der Waals surface area contributed by atoms with Crippen molar-refractivity contribution in [2.75, 3.05) is 9.80 Å². The predicted molar refractivity (Wildman–Crippen MR) is 372 cm³/mol. The summed E-state index contributed by atoms with van der Waals surface area (Å²) in [5, 5.41) is 7.26. The van der Waals surface area contributed by atoms with E-state index in [1.165, 1.54) is 116 Å². The number of furan rings is 1. The van der Waals surface area contributed by atoms with Crippen LogP contribution in [-0.4, -0.2) is 15.8 Å². The number of hydrogen-bond donors (Lipinski definition) is 0. The first-order chi connectivity index (χ1) is 42.6. The van der Waals surface area contributed by atoms with Crippen molar-refractivity contribution in [3.05, 3.63) is 247 Å². The molecule has 4 aliphatic rings. The minimum absolute atomic E-state index is 0.0184. The SMILES string of the molecule is CC1(C)CCC(C)(C)c2cc(N3c4cc(-n5c6ccccc6c6ccccc65)ccc4B4c5ccc(-n6c7ccccc7c7ccccc76)cc5N(c5ccc6c(c5)C(C)(C)CCC6(C)C)c5cc(-c6ccc7oc8ccccc8c7c6)cc3c54)ccc21. The lowest BCUT2D eigenvalue weighted by Gasteiger charge is -2.46. The first-order valence-electron chi connectivity index (χ1n) is 31.9. The van der Waals surface area contributed by atoms with Crippen LogP contribution in [0, 0.1) is 0 Å². The lowest BCUT2D eigenvalue weighted by atomic mass is 9.33. The molecule has 0 atom stereocenters. The minimum Gasteiger partial charge on any atom is -0.456 e. The molecule has 0 saturated carbocycles. The highest BCUT2D eigenvalue weighted by molar-refractivity contribution is 7.00. The van der Waals surface area contributed by atoms with Gasteiger partial charge in [-0.05, 0) is 200 Å². The molecule has 0 fully saturated rings. The van der Waals surface area contributed by atoms with Crippen LogP contribution in [0.25, 0.3) is 88.1 Å². The molecule has 0 radical (unpaired) electrons. The van der Waals surface area contributed by atoms with Crippen LogP contribution < -0.4 is 26.2 Å². The lowest BCUT2D eigenvalue weighted by molar-refractivity contribution is 0.332. The molecule has 0 bridgehead atoms. The molecule has 18 rings (SSSR count). The van der Waals surface area contributed by atoms with E-state index in [1.54, 1.807) is 0 Å². The van der Waals surface area contributed by atoms with Crippen molar-refractivity contribution in [2.45, 2.75) is 103 Å². The van der Waals surface area contributed by atoms with Crippen molar-refractivity contribution in [1.82, 2.24) is 9.13 Å². The number of fused-ring (bicyclic) bond motifs is 15. The number of anilines is 6. The summed E-state index contributed by atoms with van der Waals surface area (Å²) in [7, 11) is 0. The highest BCUT2D eigenvalue weighted by Gasteiger charge is 2.46. The van der Waals surface area contributed by atoms with Crippen LogP contribution in [0.15, 0.2) is 229 Å². The Bertz CT molecular complexity index is 4960. The zero-order chi connectivity index (χ0) is 59.3. The number of benzene rings is 11. The molecule has 2 aliphatic heterocycles. The molecule has 0 spiro atoms. The number of nitrogens with zero attached hydrogens (tertiary/aromatic N) is 4. The number of aromatic nitrogens is 2. The molecular formula is C82H69BN4O. The van der Waals surface area contributed by atoms with Gasteiger partial charge >= 0.3 is 0 Å². The largest absolute Gasteiger partial charge is 0.456 e. The molecular weight excluding hydrogens is 1070 g/mol. The summed E-state index contributed by atoms with van der Waals surface area (Å²) in [6.07, 6.45) is 4.56. The Morgan fingerprint density at radius 2 is 0.693 bits per heavy atom. The number of hydrogen-bond acceptors (Lipinski definition) is 3. The van der Waals surface area contributed by atoms with Gasteiger partial charge in [0.25, 0.3) is 6.71 Å². The van der Waals surface area contributed by atoms with Gasteiger partial charge in [-0.1, -0.05) is 177 Å². The Kier molecular flexibility index (Phi) is 10.6. The fourth-order valence-corrected chi connectivity index (χ4v) is 16.7. The second-order valence-corrected chi connectivity index (χ2v) is 28.6. The maximum atomic E-state index is 6.55. The average molecular weight is 1140 g/mol. The van der Waals surface area contributed by atoms with E-state index in [9.17, 15) is 0 Å². The van der Waals surface area contributed by atoms with E-state index in [0.29, 0.717) is 0 Å². The van der Waals surface area contributed by atoms with Gasteiger partial charge < -0.3 is 23.4 Å². The maximum absolute atomic E-state index is 6.55. The second kappa shape index (κ2) is 18.0. The van der Waals surface area contributed by atoms with Crippen molar-refractivity contribution in [1.29, 1.82) is 0 Å². The summed E-state index contributed by atoms with van der Waals surface area (Å²) in [5.41, 5.74) is 28.0. The summed E-state index contributed by atoms with van der Waals surface area (Å²) in [4.78, 5) is 5.34. The fourth-order valence-electron chi connectivity index (χ4n) is 16.7. The molecule has 0 saturated heterocycles. The molecule has 0 N–H and O–H groups in total. The van der Waals surface area contributed by atoms with Crippen LogP contribution >= 0.6 is 0 Å². The molecule has 11 aromatic carbocycles. The summed E-state index contributed by atoms with van der Waals surface area (Å²) >= 11 is 0. The number of rotatable bonds is 5. The topological polar surface area (TPSA) is 29.5 Å². The summed E-state index contributed by atoms with van der Waals surface area (Å²) in [6.45, 7) is 19.5. The van der Waals surface area contributed by atoms with Gasteiger partial charge in [0.2, 0.25) is 0 Å². The fraction of sp³-hybridized carbons (Fsp3) is 0.195. The van der Waals surface area contributed by atoms with E-state index >= 15 is 0 Å². The molecule has 0 amide bonds. The van der Waals surface area contributed by atoms with Gasteiger partial charge in [-0.25, -0.2) is 0 Å². The molecule has 88 heavy (non-hydrogen) atoms. The Labute approximate surface area is 515 Å². The van der Waals surface area contributed by atoms with E-state index < -0.39 is 0 Å². The molecule has 5 nitrogen and oxygen atoms in total. The van der Waals surface area contributed by atoms with Crippen LogP contribution in [0.4, 0.5) is 34.1 Å². The van der Waals surface area contributed by atoms with Crippen LogP contribution in [0.3, 0.4) is 0 Å². The van der Waals surface area contributed by atoms with Crippen molar-refractivity contribution in [3.63, 3.8) is 0 Å². The van der Waals surface area contributed by atoms with E-state index in [1.807, 2.05) is 0 Å². The maximum Gasteiger partial charge on any atom is 0.252 e. The van der Waals surface area contributed by atoms with E-state index in [4.69, 9.17) is 4.42 Å². The standard InChI is InChI=1S/C82H69BN4O/c1-79(2)39-41-81(5,6)64-46-52(30-34-62(64)79)86-72-48-54(84-68-24-14-9-19-56(68)57-20-10-15-25-69(57)84)32-36-66(72)83-67-37-33-55(85-70-26-16-11-21-58(70)59-22-12-17-27-71(59)85)49-73(67)87(53-31-35-63-65(47-53)82(7,8)42-40-80(63,3)4)75-45-51(44-74(86)78(75)83)50-29-38-77-61(43-50)60-23-13-18-28-76(60)88-77/h9-38,43-49H,39-42H2,1-8H3. The zero-order valence-electron chi connectivity index (χ0n) is 51.5. The highest BCUT2D eigenvalue weighted by Crippen LogP contribution is 2.53. The van der Waals surface area contributed by atoms with Gasteiger partial charge in [-0.3, -0.25) is 0 Å². The molecule has 2 aliphatic carbocycles. The van der Waals surface area contributed by atoms with Gasteiger partial charge in [0.05, 0.1) is 22.1 Å². The van der Waals surface area contributed by atoms with Crippen molar-refractivity contribution >= 4 is 123 Å². The van der Waals surface area contributed by atoms with Gasteiger partial charge in [0, 0.05) is 77.8 Å². The van der Waals surface area contributed by atoms with Gasteiger partial charge in [0.1, 0.15) is 11.2 Å². The third-order valence-electron chi connectivity index (χ3n) is 21.6. The Balaban J connectivity index is 0.978. The lowest BCUT2D eigenvalue weighted by Crippen LogP contribution is -2.61. The van der Waals surface area contributed by atoms with Crippen LogP contribution in [0.1, 0.15) is 103 Å². The predicted octanol–water partition coefficient (Wildman–Crippen LogP) is 20.2. The third-order valence-corrected chi connectivity index (χ3v) is 21.6. The van der Waals surface area contributed by atoms with Crippen molar-refractivity contribution in [3.8, 4) is 22.5 Å². The molecule has 6 heteroatoms. The van der Waals surface area contributed by atoms with Crippen LogP contribution in [0.5, 0.6) is 0 Å². The minimum atomic E-state index is -0.128. The smallest absolute Gasteiger partial charge is 0.252 e. The van der Waals surface area contributed by atoms with E-state index in [0.717, 1.165) is 70.1 Å². The van der Waals surface area contributed by atoms with Gasteiger partial charge in [-0.15, -0.1) is 0 Å². The second-order valence-electron chi connectivity index (χ2n) is 28.6. The third kappa shape index (κ3) is 7.29. The quantitative estimate of drug-likeness (QED) is 0.161. The normalized spacial score (nSPS) is 16.8. The molecule has 0 unspecified atom stereocenters. The molecule has 426 valence electrons. The van der Waals surface area contributed by atoms with E-state index in [2.05, 4.69) is 299 Å². The summed E-state index contributed by atoms with van der Waals surface area (Å²) in [6, 6.07) is 86.0. The van der Waals surface area contributed by atoms with Crippen LogP contribution in [0.2, 0.25) is 0 Å². The highest BCUT2D eigenvalue weighted by atomic mass is 16.3.